The van der Waals surface area contributed by atoms with E-state index in [1.54, 1.807) is 0 Å². The van der Waals surface area contributed by atoms with Gasteiger partial charge >= 0.3 is 6.09 Å². The molecule has 0 saturated heterocycles. The van der Waals surface area contributed by atoms with Crippen LogP contribution in [0.3, 0.4) is 0 Å². The third-order valence-corrected chi connectivity index (χ3v) is 1.95. The molecular formula is C12H24N2O3. The molecule has 0 saturated carbocycles. The highest BCUT2D eigenvalue weighted by Crippen LogP contribution is 2.10. The predicted molar refractivity (Wildman–Crippen MR) is 67.5 cm³/mol. The maximum atomic E-state index is 11.6. The van der Waals surface area contributed by atoms with E-state index in [1.807, 2.05) is 20.8 Å². The number of nitrogens with zero attached hydrogens (tertiary/aromatic N) is 1. The molecule has 0 aromatic rings. The van der Waals surface area contributed by atoms with Crippen LogP contribution in [0.5, 0.6) is 0 Å². The second-order valence-corrected chi connectivity index (χ2v) is 5.51. The van der Waals surface area contributed by atoms with Gasteiger partial charge in [0.25, 0.3) is 0 Å². The molecule has 0 spiro atoms. The van der Waals surface area contributed by atoms with E-state index in [0.29, 0.717) is 12.3 Å². The van der Waals surface area contributed by atoms with Gasteiger partial charge in [-0.25, -0.2) is 4.79 Å². The van der Waals surface area contributed by atoms with Gasteiger partial charge in [0, 0.05) is 18.7 Å². The van der Waals surface area contributed by atoms with Crippen LogP contribution in [0.25, 0.3) is 0 Å². The van der Waals surface area contributed by atoms with E-state index in [2.05, 4.69) is 24.3 Å². The van der Waals surface area contributed by atoms with E-state index in [4.69, 9.17) is 9.94 Å². The molecule has 0 radical (unpaired) electrons. The lowest BCUT2D eigenvalue weighted by atomic mass is 10.0. The van der Waals surface area contributed by atoms with Crippen molar-refractivity contribution in [2.75, 3.05) is 0 Å². The predicted octanol–water partition coefficient (Wildman–Crippen LogP) is 2.78. The van der Waals surface area contributed by atoms with Crippen LogP contribution in [-0.2, 0) is 4.74 Å². The zero-order chi connectivity index (χ0) is 13.5. The molecule has 0 aliphatic rings. The molecule has 1 amide bonds. The first-order chi connectivity index (χ1) is 7.74. The van der Waals surface area contributed by atoms with Crippen LogP contribution < -0.4 is 5.32 Å². The van der Waals surface area contributed by atoms with Crippen LogP contribution in [0.4, 0.5) is 4.79 Å². The van der Waals surface area contributed by atoms with Gasteiger partial charge in [0.2, 0.25) is 0 Å². The Labute approximate surface area is 103 Å². The maximum Gasteiger partial charge on any atom is 0.407 e. The number of nitrogens with one attached hydrogen (secondary N) is 1. The van der Waals surface area contributed by atoms with Crippen LogP contribution in [0.2, 0.25) is 0 Å². The maximum absolute atomic E-state index is 11.6. The molecular weight excluding hydrogens is 220 g/mol. The van der Waals surface area contributed by atoms with Crippen LogP contribution in [0.1, 0.15) is 47.5 Å². The summed E-state index contributed by atoms with van der Waals surface area (Å²) < 4.78 is 5.17. The molecule has 0 heterocycles. The Hall–Kier alpha value is -1.26. The largest absolute Gasteiger partial charge is 0.444 e. The van der Waals surface area contributed by atoms with Gasteiger partial charge in [-0.15, -0.1) is 5.16 Å². The van der Waals surface area contributed by atoms with E-state index in [9.17, 15) is 4.79 Å². The Balaban J connectivity index is 4.26. The van der Waals surface area contributed by atoms with Crippen molar-refractivity contribution in [2.24, 2.45) is 11.1 Å². The molecule has 1 atom stereocenters. The number of carbonyl (C=O) groups excluding carboxylic acids is 1. The monoisotopic (exact) mass is 244 g/mol. The molecule has 0 aliphatic carbocycles. The van der Waals surface area contributed by atoms with Crippen molar-refractivity contribution in [1.82, 2.24) is 5.32 Å². The van der Waals surface area contributed by atoms with Crippen LogP contribution in [0, 0.1) is 5.92 Å². The number of hydrogen-bond acceptors (Lipinski definition) is 4. The van der Waals surface area contributed by atoms with Gasteiger partial charge in [0.05, 0.1) is 0 Å². The third-order valence-electron chi connectivity index (χ3n) is 1.95. The van der Waals surface area contributed by atoms with Gasteiger partial charge in [0.1, 0.15) is 5.60 Å². The summed E-state index contributed by atoms with van der Waals surface area (Å²) in [6.07, 6.45) is 2.25. The van der Waals surface area contributed by atoms with Crippen molar-refractivity contribution < 1.29 is 14.7 Å². The van der Waals surface area contributed by atoms with Gasteiger partial charge in [-0.05, 0) is 33.1 Å². The third kappa shape index (κ3) is 9.66. The summed E-state index contributed by atoms with van der Waals surface area (Å²) in [6, 6.07) is -0.0688. The topological polar surface area (TPSA) is 70.9 Å². The standard InChI is InChI=1S/C12H24N2O3/c1-9(2)8-10(6-7-13-16)14-11(15)17-12(3,4)5/h7,9-10,16H,6,8H2,1-5H3,(H,14,15)/b13-7+/t10-/m1/s1. The zero-order valence-electron chi connectivity index (χ0n) is 11.4. The summed E-state index contributed by atoms with van der Waals surface area (Å²) in [6.45, 7) is 9.59. The van der Waals surface area contributed by atoms with Crippen molar-refractivity contribution in [3.63, 3.8) is 0 Å². The Morgan fingerprint density at radius 2 is 2.06 bits per heavy atom. The SMILES string of the molecule is CC(C)C[C@@H](C/C=N/O)NC(=O)OC(C)(C)C. The molecule has 0 rings (SSSR count). The first-order valence-corrected chi connectivity index (χ1v) is 5.90. The lowest BCUT2D eigenvalue weighted by Crippen LogP contribution is -2.40. The molecule has 0 fully saturated rings. The van der Waals surface area contributed by atoms with Gasteiger partial charge in [-0.2, -0.15) is 0 Å². The van der Waals surface area contributed by atoms with Crippen molar-refractivity contribution in [2.45, 2.75) is 59.1 Å². The summed E-state index contributed by atoms with van der Waals surface area (Å²) in [7, 11) is 0. The average Bonchev–Trinajstić information content (AvgIpc) is 2.09. The minimum absolute atomic E-state index is 0.0688. The Morgan fingerprint density at radius 1 is 1.47 bits per heavy atom. The fourth-order valence-electron chi connectivity index (χ4n) is 1.43. The summed E-state index contributed by atoms with van der Waals surface area (Å²) in [4.78, 5) is 11.6. The van der Waals surface area contributed by atoms with Crippen molar-refractivity contribution in [1.29, 1.82) is 0 Å². The molecule has 17 heavy (non-hydrogen) atoms. The smallest absolute Gasteiger partial charge is 0.407 e. The molecule has 0 aliphatic heterocycles. The Kier molecular flexibility index (Phi) is 6.61. The van der Waals surface area contributed by atoms with Gasteiger partial charge < -0.3 is 15.3 Å². The molecule has 0 bridgehead atoms. The number of rotatable bonds is 5. The van der Waals surface area contributed by atoms with Crippen molar-refractivity contribution >= 4 is 12.3 Å². The van der Waals surface area contributed by atoms with Crippen LogP contribution >= 0.6 is 0 Å². The van der Waals surface area contributed by atoms with E-state index >= 15 is 0 Å². The minimum atomic E-state index is -0.502. The molecule has 0 aromatic carbocycles. The first kappa shape index (κ1) is 15.7. The lowest BCUT2D eigenvalue weighted by Gasteiger charge is -2.23. The highest BCUT2D eigenvalue weighted by molar-refractivity contribution is 5.69. The number of alkyl carbamates (subject to hydrolysis) is 1. The average molecular weight is 244 g/mol. The molecule has 5 nitrogen and oxygen atoms in total. The number of amides is 1. The molecule has 0 aromatic heterocycles. The van der Waals surface area contributed by atoms with Crippen LogP contribution in [-0.4, -0.2) is 29.2 Å². The quantitative estimate of drug-likeness (QED) is 0.444. The van der Waals surface area contributed by atoms with Crippen LogP contribution in [0.15, 0.2) is 5.16 Å². The second kappa shape index (κ2) is 7.14. The molecule has 5 heteroatoms. The number of hydrogen-bond donors (Lipinski definition) is 2. The summed E-state index contributed by atoms with van der Waals surface area (Å²) >= 11 is 0. The number of oxime groups is 1. The van der Waals surface area contributed by atoms with Gasteiger partial charge in [-0.3, -0.25) is 0 Å². The Bertz CT molecular complexity index is 257. The highest BCUT2D eigenvalue weighted by atomic mass is 16.6. The zero-order valence-corrected chi connectivity index (χ0v) is 11.4. The number of carbonyl (C=O) groups is 1. The minimum Gasteiger partial charge on any atom is -0.444 e. The van der Waals surface area contributed by atoms with Crippen molar-refractivity contribution in [3.05, 3.63) is 0 Å². The summed E-state index contributed by atoms with van der Waals surface area (Å²) in [5.74, 6) is 0.446. The second-order valence-electron chi connectivity index (χ2n) is 5.51. The highest BCUT2D eigenvalue weighted by Gasteiger charge is 2.19. The Morgan fingerprint density at radius 3 is 2.47 bits per heavy atom. The lowest BCUT2D eigenvalue weighted by molar-refractivity contribution is 0.0500. The summed E-state index contributed by atoms with van der Waals surface area (Å²) in [5.41, 5.74) is -0.502. The van der Waals surface area contributed by atoms with E-state index in [-0.39, 0.29) is 6.04 Å². The number of ether oxygens (including phenoxy) is 1. The van der Waals surface area contributed by atoms with Gasteiger partial charge in [0.15, 0.2) is 0 Å². The fourth-order valence-corrected chi connectivity index (χ4v) is 1.43. The molecule has 0 unspecified atom stereocenters. The first-order valence-electron chi connectivity index (χ1n) is 5.90. The normalized spacial score (nSPS) is 14.0. The van der Waals surface area contributed by atoms with Gasteiger partial charge in [-0.1, -0.05) is 13.8 Å². The van der Waals surface area contributed by atoms with E-state index in [0.717, 1.165) is 6.42 Å². The summed E-state index contributed by atoms with van der Waals surface area (Å²) in [5, 5.41) is 14.1. The van der Waals surface area contributed by atoms with E-state index in [1.165, 1.54) is 6.21 Å². The van der Waals surface area contributed by atoms with Crippen molar-refractivity contribution in [3.8, 4) is 0 Å². The molecule has 100 valence electrons. The fraction of sp³-hybridized carbons (Fsp3) is 0.833. The molecule has 2 N–H and O–H groups in total. The van der Waals surface area contributed by atoms with E-state index < -0.39 is 11.7 Å².